The molecule has 2 rings (SSSR count). The van der Waals surface area contributed by atoms with Gasteiger partial charge >= 0.3 is 6.18 Å². The van der Waals surface area contributed by atoms with E-state index in [-0.39, 0.29) is 6.04 Å². The predicted octanol–water partition coefficient (Wildman–Crippen LogP) is 2.58. The topological polar surface area (TPSA) is 28.2 Å². The highest BCUT2D eigenvalue weighted by Crippen LogP contribution is 2.22. The molecule has 1 saturated heterocycles. The highest BCUT2D eigenvalue weighted by Gasteiger charge is 2.32. The first kappa shape index (κ1) is 12.6. The van der Waals surface area contributed by atoms with Crippen LogP contribution in [-0.2, 0) is 0 Å². The Morgan fingerprint density at radius 2 is 2.12 bits per heavy atom. The van der Waals surface area contributed by atoms with Gasteiger partial charge in [-0.1, -0.05) is 0 Å². The number of hydrogen-bond acceptors (Lipinski definition) is 4. The summed E-state index contributed by atoms with van der Waals surface area (Å²) in [5, 5.41) is 5.97. The maximum atomic E-state index is 12.2. The van der Waals surface area contributed by atoms with E-state index in [0.29, 0.717) is 13.1 Å². The molecule has 0 unspecified atom stereocenters. The summed E-state index contributed by atoms with van der Waals surface area (Å²) in [6, 6.07) is 0.241. The van der Waals surface area contributed by atoms with Gasteiger partial charge in [-0.2, -0.15) is 13.2 Å². The van der Waals surface area contributed by atoms with Crippen LogP contribution < -0.4 is 5.32 Å². The van der Waals surface area contributed by atoms with E-state index in [2.05, 4.69) is 10.3 Å². The van der Waals surface area contributed by atoms with Crippen LogP contribution in [0.5, 0.6) is 0 Å². The smallest absolute Gasteiger partial charge is 0.359 e. The van der Waals surface area contributed by atoms with Gasteiger partial charge in [-0.15, -0.1) is 11.3 Å². The first-order chi connectivity index (χ1) is 8.03. The molecule has 2 heterocycles. The second-order valence-corrected chi connectivity index (χ2v) is 5.04. The molecule has 0 amide bonds. The van der Waals surface area contributed by atoms with Crippen molar-refractivity contribution >= 4 is 16.5 Å². The second-order valence-electron chi connectivity index (χ2n) is 4.15. The van der Waals surface area contributed by atoms with E-state index in [1.165, 1.54) is 16.2 Å². The standard InChI is InChI=1S/C10H14F3N3S/c11-10(12,13)7-16-4-1-8(2-5-16)15-9-14-3-6-17-9/h3,6,8H,1-2,4-5,7H2,(H,14,15). The molecule has 1 aromatic heterocycles. The Balaban J connectivity index is 1.74. The van der Waals surface area contributed by atoms with Gasteiger partial charge in [-0.25, -0.2) is 4.98 Å². The number of aromatic nitrogens is 1. The van der Waals surface area contributed by atoms with E-state index < -0.39 is 12.7 Å². The fraction of sp³-hybridized carbons (Fsp3) is 0.700. The molecule has 1 aliphatic heterocycles. The molecule has 7 heteroatoms. The van der Waals surface area contributed by atoms with Crippen molar-refractivity contribution in [3.63, 3.8) is 0 Å². The van der Waals surface area contributed by atoms with E-state index in [4.69, 9.17) is 0 Å². The molecule has 0 radical (unpaired) electrons. The normalized spacial score (nSPS) is 19.5. The lowest BCUT2D eigenvalue weighted by atomic mass is 10.1. The van der Waals surface area contributed by atoms with Gasteiger partial charge in [0.15, 0.2) is 5.13 Å². The van der Waals surface area contributed by atoms with E-state index in [1.54, 1.807) is 6.20 Å². The van der Waals surface area contributed by atoms with Crippen LogP contribution in [0.1, 0.15) is 12.8 Å². The molecule has 1 fully saturated rings. The van der Waals surface area contributed by atoms with Gasteiger partial charge in [0, 0.05) is 30.7 Å². The molecule has 0 aromatic carbocycles. The molecule has 96 valence electrons. The lowest BCUT2D eigenvalue weighted by Gasteiger charge is -2.32. The van der Waals surface area contributed by atoms with Crippen molar-refractivity contribution in [1.29, 1.82) is 0 Å². The van der Waals surface area contributed by atoms with E-state index in [0.717, 1.165) is 18.0 Å². The Morgan fingerprint density at radius 3 is 2.65 bits per heavy atom. The summed E-state index contributed by atoms with van der Waals surface area (Å²) in [5.74, 6) is 0. The molecule has 17 heavy (non-hydrogen) atoms. The average Bonchev–Trinajstić information content (AvgIpc) is 2.71. The first-order valence-corrected chi connectivity index (χ1v) is 6.36. The summed E-state index contributed by atoms with van der Waals surface area (Å²) in [7, 11) is 0. The zero-order chi connectivity index (χ0) is 12.3. The highest BCUT2D eigenvalue weighted by molar-refractivity contribution is 7.13. The predicted molar refractivity (Wildman–Crippen MR) is 61.3 cm³/mol. The van der Waals surface area contributed by atoms with E-state index in [1.807, 2.05) is 5.38 Å². The van der Waals surface area contributed by atoms with Gasteiger partial charge in [-0.3, -0.25) is 4.90 Å². The van der Waals surface area contributed by atoms with Gasteiger partial charge in [0.2, 0.25) is 0 Å². The summed E-state index contributed by atoms with van der Waals surface area (Å²) < 4.78 is 36.5. The minimum absolute atomic E-state index is 0.241. The number of likely N-dealkylation sites (tertiary alicyclic amines) is 1. The Labute approximate surface area is 102 Å². The van der Waals surface area contributed by atoms with Gasteiger partial charge < -0.3 is 5.32 Å². The Bertz CT molecular complexity index is 331. The van der Waals surface area contributed by atoms with Crippen LogP contribution in [0.2, 0.25) is 0 Å². The Kier molecular flexibility index (Phi) is 3.88. The number of alkyl halides is 3. The summed E-state index contributed by atoms with van der Waals surface area (Å²) in [5.41, 5.74) is 0. The second kappa shape index (κ2) is 5.22. The molecule has 0 aliphatic carbocycles. The molecule has 0 spiro atoms. The van der Waals surface area contributed by atoms with Gasteiger partial charge in [0.1, 0.15) is 0 Å². The van der Waals surface area contributed by atoms with Crippen molar-refractivity contribution in [2.24, 2.45) is 0 Å². The Hall–Kier alpha value is -0.820. The molecule has 1 aliphatic rings. The van der Waals surface area contributed by atoms with Gasteiger partial charge in [0.05, 0.1) is 6.54 Å². The fourth-order valence-electron chi connectivity index (χ4n) is 1.96. The maximum Gasteiger partial charge on any atom is 0.401 e. The third kappa shape index (κ3) is 4.16. The fourth-order valence-corrected chi connectivity index (χ4v) is 2.57. The number of anilines is 1. The quantitative estimate of drug-likeness (QED) is 0.910. The number of rotatable bonds is 3. The van der Waals surface area contributed by atoms with Crippen LogP contribution in [0.25, 0.3) is 0 Å². The summed E-state index contributed by atoms with van der Waals surface area (Å²) in [6.45, 7) is 0.183. The third-order valence-corrected chi connectivity index (χ3v) is 3.45. The lowest BCUT2D eigenvalue weighted by molar-refractivity contribution is -0.147. The third-order valence-electron chi connectivity index (χ3n) is 2.75. The van der Waals surface area contributed by atoms with Crippen molar-refractivity contribution in [1.82, 2.24) is 9.88 Å². The zero-order valence-electron chi connectivity index (χ0n) is 9.20. The van der Waals surface area contributed by atoms with Crippen LogP contribution in [0.15, 0.2) is 11.6 Å². The molecular weight excluding hydrogens is 251 g/mol. The Morgan fingerprint density at radius 1 is 1.41 bits per heavy atom. The van der Waals surface area contributed by atoms with Crippen molar-refractivity contribution in [2.45, 2.75) is 25.1 Å². The molecule has 3 nitrogen and oxygen atoms in total. The molecule has 0 saturated carbocycles. The minimum atomic E-state index is -4.09. The van der Waals surface area contributed by atoms with Crippen LogP contribution in [-0.4, -0.2) is 41.7 Å². The zero-order valence-corrected chi connectivity index (χ0v) is 10.0. The largest absolute Gasteiger partial charge is 0.401 e. The summed E-state index contributed by atoms with van der Waals surface area (Å²) in [6.07, 6.45) is -0.910. The van der Waals surface area contributed by atoms with E-state index in [9.17, 15) is 13.2 Å². The van der Waals surface area contributed by atoms with Crippen molar-refractivity contribution in [3.8, 4) is 0 Å². The SMILES string of the molecule is FC(F)(F)CN1CCC(Nc2nccs2)CC1. The number of piperidine rings is 1. The first-order valence-electron chi connectivity index (χ1n) is 5.48. The van der Waals surface area contributed by atoms with E-state index >= 15 is 0 Å². The minimum Gasteiger partial charge on any atom is -0.359 e. The summed E-state index contributed by atoms with van der Waals surface area (Å²) in [4.78, 5) is 5.56. The molecule has 0 atom stereocenters. The van der Waals surface area contributed by atoms with Crippen LogP contribution in [0, 0.1) is 0 Å². The van der Waals surface area contributed by atoms with Crippen molar-refractivity contribution in [3.05, 3.63) is 11.6 Å². The number of nitrogens with one attached hydrogen (secondary N) is 1. The highest BCUT2D eigenvalue weighted by atomic mass is 32.1. The molecule has 0 bridgehead atoms. The van der Waals surface area contributed by atoms with Crippen LogP contribution in [0.3, 0.4) is 0 Å². The number of thiazole rings is 1. The van der Waals surface area contributed by atoms with Crippen LogP contribution >= 0.6 is 11.3 Å². The number of nitrogens with zero attached hydrogens (tertiary/aromatic N) is 2. The monoisotopic (exact) mass is 265 g/mol. The molecule has 1 N–H and O–H groups in total. The average molecular weight is 265 g/mol. The molecular formula is C10H14F3N3S. The lowest BCUT2D eigenvalue weighted by Crippen LogP contribution is -2.43. The van der Waals surface area contributed by atoms with Gasteiger partial charge in [0.25, 0.3) is 0 Å². The maximum absolute atomic E-state index is 12.2. The van der Waals surface area contributed by atoms with Crippen molar-refractivity contribution < 1.29 is 13.2 Å². The van der Waals surface area contributed by atoms with Crippen LogP contribution in [0.4, 0.5) is 18.3 Å². The van der Waals surface area contributed by atoms with Gasteiger partial charge in [-0.05, 0) is 12.8 Å². The summed E-state index contributed by atoms with van der Waals surface area (Å²) >= 11 is 1.51. The number of halogens is 3. The molecule has 1 aromatic rings. The van der Waals surface area contributed by atoms with Crippen molar-refractivity contribution in [2.75, 3.05) is 25.0 Å². The number of hydrogen-bond donors (Lipinski definition) is 1.